The van der Waals surface area contributed by atoms with Crippen molar-refractivity contribution in [3.63, 3.8) is 0 Å². The van der Waals surface area contributed by atoms with E-state index in [-0.39, 0.29) is 11.8 Å². The lowest BCUT2D eigenvalue weighted by Gasteiger charge is -2.25. The molecule has 0 heterocycles. The second-order valence-corrected chi connectivity index (χ2v) is 4.83. The second kappa shape index (κ2) is 4.30. The molecular formula is C11H21NO2. The van der Waals surface area contributed by atoms with Crippen LogP contribution < -0.4 is 5.73 Å². The van der Waals surface area contributed by atoms with Crippen LogP contribution >= 0.6 is 0 Å². The maximum Gasteiger partial charge on any atom is 0.303 e. The van der Waals surface area contributed by atoms with Crippen LogP contribution in [-0.2, 0) is 4.79 Å². The molecule has 82 valence electrons. The number of carbonyl (C=O) groups is 1. The van der Waals surface area contributed by atoms with E-state index >= 15 is 0 Å². The molecule has 3 atom stereocenters. The van der Waals surface area contributed by atoms with E-state index in [4.69, 9.17) is 10.8 Å². The van der Waals surface area contributed by atoms with Crippen molar-refractivity contribution >= 4 is 5.97 Å². The van der Waals surface area contributed by atoms with Crippen LogP contribution in [0, 0.1) is 17.3 Å². The number of hydrogen-bond acceptors (Lipinski definition) is 2. The van der Waals surface area contributed by atoms with Crippen LogP contribution in [0.5, 0.6) is 0 Å². The van der Waals surface area contributed by atoms with Crippen molar-refractivity contribution in [1.82, 2.24) is 0 Å². The van der Waals surface area contributed by atoms with Crippen LogP contribution in [-0.4, -0.2) is 17.6 Å². The molecule has 0 aromatic rings. The monoisotopic (exact) mass is 199 g/mol. The van der Waals surface area contributed by atoms with Gasteiger partial charge < -0.3 is 10.8 Å². The van der Waals surface area contributed by atoms with E-state index in [1.54, 1.807) is 0 Å². The Bertz CT molecular complexity index is 217. The van der Waals surface area contributed by atoms with Crippen molar-refractivity contribution in [3.8, 4) is 0 Å². The molecule has 0 unspecified atom stereocenters. The van der Waals surface area contributed by atoms with Gasteiger partial charge in [-0.15, -0.1) is 0 Å². The van der Waals surface area contributed by atoms with E-state index < -0.39 is 5.97 Å². The molecule has 0 radical (unpaired) electrons. The van der Waals surface area contributed by atoms with E-state index in [1.807, 2.05) is 0 Å². The Morgan fingerprint density at radius 2 is 2.21 bits per heavy atom. The molecule has 0 saturated heterocycles. The molecule has 1 aliphatic carbocycles. The third-order valence-corrected chi connectivity index (χ3v) is 3.74. The predicted molar refractivity (Wildman–Crippen MR) is 55.9 cm³/mol. The second-order valence-electron chi connectivity index (χ2n) is 4.83. The van der Waals surface area contributed by atoms with Crippen molar-refractivity contribution in [2.24, 2.45) is 23.0 Å². The molecule has 1 saturated carbocycles. The van der Waals surface area contributed by atoms with Gasteiger partial charge >= 0.3 is 5.97 Å². The zero-order chi connectivity index (χ0) is 10.8. The molecule has 3 N–H and O–H groups in total. The fourth-order valence-corrected chi connectivity index (χ4v) is 2.94. The molecule has 14 heavy (non-hydrogen) atoms. The van der Waals surface area contributed by atoms with Gasteiger partial charge in [0, 0.05) is 0 Å². The van der Waals surface area contributed by atoms with Gasteiger partial charge in [0.2, 0.25) is 0 Å². The predicted octanol–water partition coefficient (Wildman–Crippen LogP) is 1.86. The van der Waals surface area contributed by atoms with Gasteiger partial charge in [-0.2, -0.15) is 0 Å². The summed E-state index contributed by atoms with van der Waals surface area (Å²) in [5, 5.41) is 8.86. The Morgan fingerprint density at radius 1 is 1.57 bits per heavy atom. The van der Waals surface area contributed by atoms with Gasteiger partial charge in [-0.25, -0.2) is 0 Å². The number of carboxylic acids is 1. The SMILES string of the molecule is CC[C@@H]1C[C@@](CN)(CC(=O)O)C[C@@H]1C. The summed E-state index contributed by atoms with van der Waals surface area (Å²) < 4.78 is 0. The largest absolute Gasteiger partial charge is 0.481 e. The van der Waals surface area contributed by atoms with Gasteiger partial charge in [-0.05, 0) is 36.6 Å². The molecule has 1 rings (SSSR count). The third-order valence-electron chi connectivity index (χ3n) is 3.74. The first-order chi connectivity index (χ1) is 6.53. The van der Waals surface area contributed by atoms with E-state index in [2.05, 4.69) is 13.8 Å². The highest BCUT2D eigenvalue weighted by Crippen LogP contribution is 2.48. The Morgan fingerprint density at radius 3 is 2.57 bits per heavy atom. The van der Waals surface area contributed by atoms with Crippen molar-refractivity contribution in [2.45, 2.75) is 39.5 Å². The normalized spacial score (nSPS) is 37.4. The first kappa shape index (κ1) is 11.5. The van der Waals surface area contributed by atoms with Crippen LogP contribution in [0.2, 0.25) is 0 Å². The lowest BCUT2D eigenvalue weighted by atomic mass is 9.81. The Labute approximate surface area is 85.7 Å². The molecule has 1 fully saturated rings. The summed E-state index contributed by atoms with van der Waals surface area (Å²) in [7, 11) is 0. The molecular weight excluding hydrogens is 178 g/mol. The smallest absolute Gasteiger partial charge is 0.303 e. The minimum absolute atomic E-state index is 0.119. The van der Waals surface area contributed by atoms with Gasteiger partial charge in [0.1, 0.15) is 0 Å². The molecule has 0 bridgehead atoms. The van der Waals surface area contributed by atoms with Crippen LogP contribution in [0.4, 0.5) is 0 Å². The highest BCUT2D eigenvalue weighted by atomic mass is 16.4. The van der Waals surface area contributed by atoms with Crippen LogP contribution in [0.3, 0.4) is 0 Å². The maximum absolute atomic E-state index is 10.8. The molecule has 0 spiro atoms. The average Bonchev–Trinajstić information content (AvgIpc) is 2.42. The highest BCUT2D eigenvalue weighted by Gasteiger charge is 2.42. The number of nitrogens with two attached hydrogens (primary N) is 1. The van der Waals surface area contributed by atoms with E-state index in [0.717, 1.165) is 19.3 Å². The summed E-state index contributed by atoms with van der Waals surface area (Å²) in [6.07, 6.45) is 3.36. The first-order valence-electron chi connectivity index (χ1n) is 5.45. The number of aliphatic carboxylic acids is 1. The number of rotatable bonds is 4. The van der Waals surface area contributed by atoms with Crippen molar-refractivity contribution in [3.05, 3.63) is 0 Å². The van der Waals surface area contributed by atoms with Crippen molar-refractivity contribution in [1.29, 1.82) is 0 Å². The van der Waals surface area contributed by atoms with Gasteiger partial charge in [0.05, 0.1) is 6.42 Å². The Balaban J connectivity index is 2.68. The fourth-order valence-electron chi connectivity index (χ4n) is 2.94. The standard InChI is InChI=1S/C11H21NO2/c1-3-9-5-11(7-12,4-8(9)2)6-10(13)14/h8-9H,3-7,12H2,1-2H3,(H,13,14)/t8-,9+,11+/m0/s1. The molecule has 0 aliphatic heterocycles. The van der Waals surface area contributed by atoms with E-state index in [0.29, 0.717) is 18.4 Å². The molecule has 3 heteroatoms. The summed E-state index contributed by atoms with van der Waals surface area (Å²) in [6.45, 7) is 4.90. The summed E-state index contributed by atoms with van der Waals surface area (Å²) >= 11 is 0. The maximum atomic E-state index is 10.8. The lowest BCUT2D eigenvalue weighted by Crippen LogP contribution is -2.30. The van der Waals surface area contributed by atoms with Crippen LogP contribution in [0.25, 0.3) is 0 Å². The molecule has 3 nitrogen and oxygen atoms in total. The Hall–Kier alpha value is -0.570. The summed E-state index contributed by atoms with van der Waals surface area (Å²) in [4.78, 5) is 10.8. The number of hydrogen-bond donors (Lipinski definition) is 2. The zero-order valence-electron chi connectivity index (χ0n) is 9.12. The minimum atomic E-state index is -0.709. The van der Waals surface area contributed by atoms with Gasteiger partial charge in [0.25, 0.3) is 0 Å². The average molecular weight is 199 g/mol. The van der Waals surface area contributed by atoms with Crippen molar-refractivity contribution < 1.29 is 9.90 Å². The summed E-state index contributed by atoms with van der Waals surface area (Å²) in [5.74, 6) is 0.584. The molecule has 0 aromatic carbocycles. The minimum Gasteiger partial charge on any atom is -0.481 e. The summed E-state index contributed by atoms with van der Waals surface area (Å²) in [6, 6.07) is 0. The fraction of sp³-hybridized carbons (Fsp3) is 0.909. The van der Waals surface area contributed by atoms with Crippen LogP contribution in [0.1, 0.15) is 39.5 Å². The van der Waals surface area contributed by atoms with Gasteiger partial charge in [0.15, 0.2) is 0 Å². The third kappa shape index (κ3) is 2.27. The molecule has 1 aliphatic rings. The van der Waals surface area contributed by atoms with Gasteiger partial charge in [-0.1, -0.05) is 20.3 Å². The lowest BCUT2D eigenvalue weighted by molar-refractivity contribution is -0.139. The topological polar surface area (TPSA) is 63.3 Å². The zero-order valence-corrected chi connectivity index (χ0v) is 9.12. The summed E-state index contributed by atoms with van der Waals surface area (Å²) in [5.41, 5.74) is 5.61. The van der Waals surface area contributed by atoms with E-state index in [1.165, 1.54) is 0 Å². The first-order valence-corrected chi connectivity index (χ1v) is 5.45. The number of carboxylic acid groups (broad SMARTS) is 1. The van der Waals surface area contributed by atoms with Crippen molar-refractivity contribution in [2.75, 3.05) is 6.54 Å². The highest BCUT2D eigenvalue weighted by molar-refractivity contribution is 5.67. The Kier molecular flexibility index (Phi) is 3.53. The van der Waals surface area contributed by atoms with Crippen LogP contribution in [0.15, 0.2) is 0 Å². The van der Waals surface area contributed by atoms with E-state index in [9.17, 15) is 4.79 Å². The quantitative estimate of drug-likeness (QED) is 0.726. The molecule has 0 amide bonds. The molecule has 0 aromatic heterocycles. The van der Waals surface area contributed by atoms with Gasteiger partial charge in [-0.3, -0.25) is 4.79 Å².